The lowest BCUT2D eigenvalue weighted by Crippen LogP contribution is -2.36. The van der Waals surface area contributed by atoms with Gasteiger partial charge in [0.2, 0.25) is 5.96 Å². The highest BCUT2D eigenvalue weighted by Crippen LogP contribution is 2.23. The lowest BCUT2D eigenvalue weighted by atomic mass is 10.2. The zero-order valence-corrected chi connectivity index (χ0v) is 9.72. The molecule has 76 valence electrons. The maximum absolute atomic E-state index is 5.26. The van der Waals surface area contributed by atoms with E-state index in [0.29, 0.717) is 5.96 Å². The summed E-state index contributed by atoms with van der Waals surface area (Å²) in [6, 6.07) is 5.89. The Morgan fingerprint density at radius 1 is 1.50 bits per heavy atom. The first kappa shape index (κ1) is 11.0. The molecule has 4 nitrogen and oxygen atoms in total. The summed E-state index contributed by atoms with van der Waals surface area (Å²) in [5.41, 5.74) is 4.56. The first-order chi connectivity index (χ1) is 6.69. The fourth-order valence-electron chi connectivity index (χ4n) is 1.03. The monoisotopic (exact) mass is 256 g/mol. The van der Waals surface area contributed by atoms with Gasteiger partial charge in [-0.3, -0.25) is 10.4 Å². The smallest absolute Gasteiger partial charge is 0.209 e. The molecule has 0 amide bonds. The Hall–Kier alpha value is -1.07. The van der Waals surface area contributed by atoms with E-state index >= 15 is 0 Å². The molecule has 1 aromatic carbocycles. The minimum absolute atomic E-state index is 0.534. The second-order valence-electron chi connectivity index (χ2n) is 2.75. The van der Waals surface area contributed by atoms with Crippen LogP contribution in [0.4, 0.5) is 5.69 Å². The molecule has 1 aromatic rings. The summed E-state index contributed by atoms with van der Waals surface area (Å²) < 4.78 is 1.05. The standard InChI is InChI=1S/C9H13BrN4/c1-6-7(10)4-3-5-8(6)13-9(12-2)14-11/h3-5H,11H2,1-2H3,(H2,12,13,14). The van der Waals surface area contributed by atoms with Crippen molar-refractivity contribution in [1.82, 2.24) is 5.43 Å². The molecule has 0 unspecified atom stereocenters. The number of hydrogen-bond acceptors (Lipinski definition) is 2. The van der Waals surface area contributed by atoms with E-state index in [0.717, 1.165) is 15.7 Å². The molecule has 0 saturated heterocycles. The number of halogens is 1. The second-order valence-corrected chi connectivity index (χ2v) is 3.61. The Labute approximate surface area is 91.7 Å². The molecule has 0 aliphatic carbocycles. The number of nitrogens with one attached hydrogen (secondary N) is 2. The van der Waals surface area contributed by atoms with Crippen molar-refractivity contribution in [3.8, 4) is 0 Å². The Balaban J connectivity index is 2.92. The molecular formula is C9H13BrN4. The lowest BCUT2D eigenvalue weighted by Gasteiger charge is -2.11. The van der Waals surface area contributed by atoms with Crippen LogP contribution in [0.2, 0.25) is 0 Å². The third-order valence-corrected chi connectivity index (χ3v) is 2.74. The molecule has 0 spiro atoms. The Morgan fingerprint density at radius 2 is 2.21 bits per heavy atom. The van der Waals surface area contributed by atoms with E-state index in [4.69, 9.17) is 5.84 Å². The molecule has 1 rings (SSSR count). The number of aliphatic imine (C=N–C) groups is 1. The molecule has 0 bridgehead atoms. The summed E-state index contributed by atoms with van der Waals surface area (Å²) in [4.78, 5) is 3.93. The first-order valence-corrected chi connectivity index (χ1v) is 4.94. The molecule has 0 aliphatic heterocycles. The van der Waals surface area contributed by atoms with Gasteiger partial charge in [0.15, 0.2) is 0 Å². The van der Waals surface area contributed by atoms with E-state index in [1.54, 1.807) is 7.05 Å². The van der Waals surface area contributed by atoms with Crippen molar-refractivity contribution >= 4 is 27.6 Å². The number of anilines is 1. The van der Waals surface area contributed by atoms with Gasteiger partial charge in [-0.05, 0) is 24.6 Å². The highest BCUT2D eigenvalue weighted by atomic mass is 79.9. The van der Waals surface area contributed by atoms with E-state index < -0.39 is 0 Å². The minimum atomic E-state index is 0.534. The number of nitrogens with zero attached hydrogens (tertiary/aromatic N) is 1. The molecule has 14 heavy (non-hydrogen) atoms. The van der Waals surface area contributed by atoms with Gasteiger partial charge in [0, 0.05) is 17.2 Å². The fourth-order valence-corrected chi connectivity index (χ4v) is 1.39. The molecule has 0 saturated carbocycles. The van der Waals surface area contributed by atoms with E-state index in [1.807, 2.05) is 25.1 Å². The third-order valence-electron chi connectivity index (χ3n) is 1.88. The van der Waals surface area contributed by atoms with Gasteiger partial charge in [-0.1, -0.05) is 22.0 Å². The van der Waals surface area contributed by atoms with Crippen LogP contribution < -0.4 is 16.6 Å². The molecule has 0 heterocycles. The van der Waals surface area contributed by atoms with Gasteiger partial charge in [0.1, 0.15) is 0 Å². The Bertz CT molecular complexity index is 349. The molecule has 4 N–H and O–H groups in total. The van der Waals surface area contributed by atoms with Gasteiger partial charge < -0.3 is 5.32 Å². The fraction of sp³-hybridized carbons (Fsp3) is 0.222. The highest BCUT2D eigenvalue weighted by Gasteiger charge is 2.02. The van der Waals surface area contributed by atoms with Crippen molar-refractivity contribution in [1.29, 1.82) is 0 Å². The van der Waals surface area contributed by atoms with Crippen molar-refractivity contribution in [3.05, 3.63) is 28.2 Å². The lowest BCUT2D eigenvalue weighted by molar-refractivity contribution is 1.01. The van der Waals surface area contributed by atoms with Crippen LogP contribution in [0, 0.1) is 6.92 Å². The van der Waals surface area contributed by atoms with E-state index in [9.17, 15) is 0 Å². The van der Waals surface area contributed by atoms with Gasteiger partial charge >= 0.3 is 0 Å². The molecular weight excluding hydrogens is 244 g/mol. The molecule has 0 atom stereocenters. The van der Waals surface area contributed by atoms with Crippen LogP contribution in [0.3, 0.4) is 0 Å². The van der Waals surface area contributed by atoms with Crippen molar-refractivity contribution in [3.63, 3.8) is 0 Å². The SMILES string of the molecule is CN=C(NN)Nc1cccc(Br)c1C. The maximum atomic E-state index is 5.26. The number of rotatable bonds is 1. The summed E-state index contributed by atoms with van der Waals surface area (Å²) in [5.74, 6) is 5.80. The maximum Gasteiger partial charge on any atom is 0.209 e. The zero-order chi connectivity index (χ0) is 10.6. The van der Waals surface area contributed by atoms with Crippen LogP contribution >= 0.6 is 15.9 Å². The van der Waals surface area contributed by atoms with Gasteiger partial charge in [-0.15, -0.1) is 0 Å². The van der Waals surface area contributed by atoms with Crippen LogP contribution in [0.15, 0.2) is 27.7 Å². The topological polar surface area (TPSA) is 62.4 Å². The summed E-state index contributed by atoms with van der Waals surface area (Å²) in [6.45, 7) is 2.01. The Morgan fingerprint density at radius 3 is 2.79 bits per heavy atom. The van der Waals surface area contributed by atoms with Crippen LogP contribution in [0.5, 0.6) is 0 Å². The van der Waals surface area contributed by atoms with E-state index in [1.165, 1.54) is 0 Å². The van der Waals surface area contributed by atoms with E-state index in [2.05, 4.69) is 31.7 Å². The molecule has 0 radical (unpaired) electrons. The zero-order valence-electron chi connectivity index (χ0n) is 8.13. The molecule has 0 aliphatic rings. The predicted octanol–water partition coefficient (Wildman–Crippen LogP) is 1.62. The summed E-state index contributed by atoms with van der Waals surface area (Å²) in [7, 11) is 1.66. The number of guanidine groups is 1. The molecule has 5 heteroatoms. The van der Waals surface area contributed by atoms with Crippen LogP contribution in [-0.4, -0.2) is 13.0 Å². The number of hydrazine groups is 1. The third kappa shape index (κ3) is 2.46. The number of nitrogens with two attached hydrogens (primary N) is 1. The van der Waals surface area contributed by atoms with Crippen LogP contribution in [0.25, 0.3) is 0 Å². The normalized spacial score (nSPS) is 11.3. The van der Waals surface area contributed by atoms with Gasteiger partial charge in [-0.2, -0.15) is 0 Å². The minimum Gasteiger partial charge on any atom is -0.325 e. The van der Waals surface area contributed by atoms with Gasteiger partial charge in [0.05, 0.1) is 0 Å². The van der Waals surface area contributed by atoms with Crippen molar-refractivity contribution < 1.29 is 0 Å². The first-order valence-electron chi connectivity index (χ1n) is 4.14. The highest BCUT2D eigenvalue weighted by molar-refractivity contribution is 9.10. The van der Waals surface area contributed by atoms with Crippen molar-refractivity contribution in [2.24, 2.45) is 10.8 Å². The molecule has 0 aromatic heterocycles. The average Bonchev–Trinajstić information content (AvgIpc) is 2.20. The molecule has 0 fully saturated rings. The van der Waals surface area contributed by atoms with Gasteiger partial charge in [0.25, 0.3) is 0 Å². The summed E-state index contributed by atoms with van der Waals surface area (Å²) in [5, 5.41) is 3.07. The van der Waals surface area contributed by atoms with E-state index in [-0.39, 0.29) is 0 Å². The second kappa shape index (κ2) is 4.97. The van der Waals surface area contributed by atoms with Gasteiger partial charge in [-0.25, -0.2) is 5.84 Å². The van der Waals surface area contributed by atoms with Crippen molar-refractivity contribution in [2.75, 3.05) is 12.4 Å². The van der Waals surface area contributed by atoms with Crippen molar-refractivity contribution in [2.45, 2.75) is 6.92 Å². The average molecular weight is 257 g/mol. The quantitative estimate of drug-likeness (QED) is 0.310. The summed E-state index contributed by atoms with van der Waals surface area (Å²) >= 11 is 3.45. The number of hydrogen-bond donors (Lipinski definition) is 3. The van der Waals surface area contributed by atoms with Crippen LogP contribution in [-0.2, 0) is 0 Å². The predicted molar refractivity (Wildman–Crippen MR) is 63.2 cm³/mol. The Kier molecular flexibility index (Phi) is 3.91. The van der Waals surface area contributed by atoms with Crippen LogP contribution in [0.1, 0.15) is 5.56 Å². The number of benzene rings is 1. The summed E-state index contributed by atoms with van der Waals surface area (Å²) in [6.07, 6.45) is 0. The largest absolute Gasteiger partial charge is 0.325 e.